The van der Waals surface area contributed by atoms with Crippen LogP contribution in [-0.2, 0) is 9.47 Å². The molecular formula is C23H44O5. The average molecular weight is 401 g/mol. The highest BCUT2D eigenvalue weighted by molar-refractivity contribution is 4.87. The number of unbranched alkanes of at least 4 members (excludes halogenated alkanes) is 11. The summed E-state index contributed by atoms with van der Waals surface area (Å²) >= 11 is 0. The Balaban J connectivity index is 1.80. The number of aliphatic hydroxyl groups excluding tert-OH is 3. The lowest BCUT2D eigenvalue weighted by molar-refractivity contribution is -0.0813. The van der Waals surface area contributed by atoms with E-state index >= 15 is 0 Å². The molecule has 5 nitrogen and oxygen atoms in total. The maximum atomic E-state index is 9.93. The van der Waals surface area contributed by atoms with Gasteiger partial charge < -0.3 is 24.8 Å². The van der Waals surface area contributed by atoms with E-state index in [1.54, 1.807) is 0 Å². The van der Waals surface area contributed by atoms with E-state index in [0.717, 1.165) is 19.3 Å². The molecule has 0 aromatic heterocycles. The van der Waals surface area contributed by atoms with Gasteiger partial charge in [0.1, 0.15) is 24.4 Å². The van der Waals surface area contributed by atoms with E-state index in [-0.39, 0.29) is 13.2 Å². The van der Waals surface area contributed by atoms with Crippen molar-refractivity contribution in [3.8, 4) is 0 Å². The number of rotatable bonds is 18. The number of ether oxygens (including phenoxy) is 2. The van der Waals surface area contributed by atoms with E-state index in [1.165, 1.54) is 64.2 Å². The first-order valence-corrected chi connectivity index (χ1v) is 11.5. The quantitative estimate of drug-likeness (QED) is 0.238. The van der Waals surface area contributed by atoms with Gasteiger partial charge in [0.15, 0.2) is 0 Å². The summed E-state index contributed by atoms with van der Waals surface area (Å²) in [5.41, 5.74) is 0. The molecule has 1 heterocycles. The van der Waals surface area contributed by atoms with Crippen molar-refractivity contribution in [2.45, 2.75) is 115 Å². The molecule has 1 aliphatic heterocycles. The molecule has 3 N–H and O–H groups in total. The molecule has 28 heavy (non-hydrogen) atoms. The highest BCUT2D eigenvalue weighted by Gasteiger charge is 2.39. The third-order valence-corrected chi connectivity index (χ3v) is 5.41. The van der Waals surface area contributed by atoms with Gasteiger partial charge in [-0.2, -0.15) is 0 Å². The Bertz CT molecular complexity index is 374. The highest BCUT2D eigenvalue weighted by atomic mass is 16.5. The molecule has 0 aromatic rings. The molecule has 1 saturated heterocycles. The highest BCUT2D eigenvalue weighted by Crippen LogP contribution is 2.18. The van der Waals surface area contributed by atoms with Crippen LogP contribution in [0.5, 0.6) is 0 Å². The van der Waals surface area contributed by atoms with Crippen molar-refractivity contribution in [1.29, 1.82) is 0 Å². The largest absolute Gasteiger partial charge is 0.388 e. The molecule has 4 atom stereocenters. The van der Waals surface area contributed by atoms with Crippen LogP contribution in [0.2, 0.25) is 0 Å². The van der Waals surface area contributed by atoms with Gasteiger partial charge in [-0.1, -0.05) is 70.4 Å². The fourth-order valence-corrected chi connectivity index (χ4v) is 3.54. The van der Waals surface area contributed by atoms with Crippen LogP contribution < -0.4 is 0 Å². The summed E-state index contributed by atoms with van der Waals surface area (Å²) in [5.74, 6) is 0. The molecule has 1 aliphatic rings. The monoisotopic (exact) mass is 400 g/mol. The lowest BCUT2D eigenvalue weighted by Gasteiger charge is -2.20. The van der Waals surface area contributed by atoms with Gasteiger partial charge in [-0.25, -0.2) is 0 Å². The second kappa shape index (κ2) is 17.4. The van der Waals surface area contributed by atoms with Gasteiger partial charge in [0.2, 0.25) is 0 Å². The van der Waals surface area contributed by atoms with Crippen molar-refractivity contribution < 1.29 is 24.8 Å². The molecule has 1 fully saturated rings. The van der Waals surface area contributed by atoms with Crippen LogP contribution in [0.3, 0.4) is 0 Å². The predicted octanol–water partition coefficient (Wildman–Crippen LogP) is 4.13. The normalized spacial score (nSPS) is 23.6. The molecule has 0 spiro atoms. The molecule has 0 unspecified atom stereocenters. The lowest BCUT2D eigenvalue weighted by atomic mass is 10.1. The van der Waals surface area contributed by atoms with Crippen molar-refractivity contribution >= 4 is 0 Å². The maximum absolute atomic E-state index is 9.93. The maximum Gasteiger partial charge on any atom is 0.114 e. The van der Waals surface area contributed by atoms with E-state index in [2.05, 4.69) is 19.1 Å². The van der Waals surface area contributed by atoms with Crippen LogP contribution in [0.1, 0.15) is 90.4 Å². The fourth-order valence-electron chi connectivity index (χ4n) is 3.54. The molecule has 0 amide bonds. The van der Waals surface area contributed by atoms with Crippen LogP contribution in [0.4, 0.5) is 0 Å². The minimum Gasteiger partial charge on any atom is -0.388 e. The second-order valence-corrected chi connectivity index (χ2v) is 8.08. The Morgan fingerprint density at radius 2 is 1.46 bits per heavy atom. The molecule has 0 saturated carbocycles. The fraction of sp³-hybridized carbons (Fsp3) is 0.913. The van der Waals surface area contributed by atoms with Crippen LogP contribution in [-0.4, -0.2) is 59.6 Å². The standard InChI is InChI=1S/C23H44O5/c1-2-3-4-5-6-7-8-9-10-11-12-13-14-15-16-17-27-18-21(25)23-22(26)20(24)19-28-23/h10-11,20-26H,2-9,12-19H2,1H3/b11-10+/t20-,21+,22+,23+/m0/s1. The van der Waals surface area contributed by atoms with Crippen molar-refractivity contribution in [2.75, 3.05) is 19.8 Å². The first-order valence-electron chi connectivity index (χ1n) is 11.5. The number of allylic oxidation sites excluding steroid dienone is 2. The number of hydrogen-bond acceptors (Lipinski definition) is 5. The average Bonchev–Trinajstić information content (AvgIpc) is 3.03. The van der Waals surface area contributed by atoms with E-state index in [1.807, 2.05) is 0 Å². The summed E-state index contributed by atoms with van der Waals surface area (Å²) in [5, 5.41) is 29.0. The van der Waals surface area contributed by atoms with Gasteiger partial charge in [-0.15, -0.1) is 0 Å². The summed E-state index contributed by atoms with van der Waals surface area (Å²) in [7, 11) is 0. The first-order chi connectivity index (χ1) is 13.7. The van der Waals surface area contributed by atoms with Crippen molar-refractivity contribution in [3.63, 3.8) is 0 Å². The zero-order valence-electron chi connectivity index (χ0n) is 17.9. The van der Waals surface area contributed by atoms with Gasteiger partial charge >= 0.3 is 0 Å². The van der Waals surface area contributed by atoms with E-state index < -0.39 is 24.4 Å². The SMILES string of the molecule is CCCCCCCCC/C=C/CCCCCCOC[C@@H](O)[C@H]1OC[C@H](O)[C@H]1O. The Morgan fingerprint density at radius 1 is 0.893 bits per heavy atom. The third kappa shape index (κ3) is 12.2. The predicted molar refractivity (Wildman–Crippen MR) is 113 cm³/mol. The minimum absolute atomic E-state index is 0.0659. The number of aliphatic hydroxyl groups is 3. The number of hydrogen-bond donors (Lipinski definition) is 3. The van der Waals surface area contributed by atoms with Gasteiger partial charge in [-0.3, -0.25) is 0 Å². The molecule has 0 radical (unpaired) electrons. The van der Waals surface area contributed by atoms with Crippen LogP contribution in [0.25, 0.3) is 0 Å². The summed E-state index contributed by atoms with van der Waals surface area (Å²) in [4.78, 5) is 0. The van der Waals surface area contributed by atoms with Gasteiger partial charge in [0, 0.05) is 6.61 Å². The summed E-state index contributed by atoms with van der Waals surface area (Å²) in [6.07, 6.45) is 17.6. The summed E-state index contributed by atoms with van der Waals surface area (Å²) in [6, 6.07) is 0. The summed E-state index contributed by atoms with van der Waals surface area (Å²) in [6.45, 7) is 3.07. The van der Waals surface area contributed by atoms with Crippen LogP contribution in [0.15, 0.2) is 12.2 Å². The Hall–Kier alpha value is -0.460. The van der Waals surface area contributed by atoms with Crippen molar-refractivity contribution in [1.82, 2.24) is 0 Å². The van der Waals surface area contributed by atoms with E-state index in [0.29, 0.717) is 6.61 Å². The zero-order chi connectivity index (χ0) is 20.5. The van der Waals surface area contributed by atoms with Gasteiger partial charge in [0.05, 0.1) is 13.2 Å². The molecule has 166 valence electrons. The van der Waals surface area contributed by atoms with Crippen molar-refractivity contribution in [2.24, 2.45) is 0 Å². The van der Waals surface area contributed by atoms with Gasteiger partial charge in [0.25, 0.3) is 0 Å². The zero-order valence-corrected chi connectivity index (χ0v) is 17.9. The van der Waals surface area contributed by atoms with E-state index in [9.17, 15) is 15.3 Å². The second-order valence-electron chi connectivity index (χ2n) is 8.08. The molecule has 0 aromatic carbocycles. The van der Waals surface area contributed by atoms with Crippen LogP contribution in [0, 0.1) is 0 Å². The van der Waals surface area contributed by atoms with Crippen molar-refractivity contribution in [3.05, 3.63) is 12.2 Å². The molecule has 5 heteroatoms. The smallest absolute Gasteiger partial charge is 0.114 e. The third-order valence-electron chi connectivity index (χ3n) is 5.41. The Kier molecular flexibility index (Phi) is 15.9. The molecule has 0 bridgehead atoms. The molecule has 0 aliphatic carbocycles. The lowest BCUT2D eigenvalue weighted by Crippen LogP contribution is -2.40. The van der Waals surface area contributed by atoms with Crippen LogP contribution >= 0.6 is 0 Å². The van der Waals surface area contributed by atoms with Gasteiger partial charge in [-0.05, 0) is 32.1 Å². The summed E-state index contributed by atoms with van der Waals surface area (Å²) < 4.78 is 10.7. The molecule has 1 rings (SSSR count). The first kappa shape index (κ1) is 25.6. The van der Waals surface area contributed by atoms with E-state index in [4.69, 9.17) is 9.47 Å². The minimum atomic E-state index is -1.03. The molecular weight excluding hydrogens is 356 g/mol. The Morgan fingerprint density at radius 3 is 2.04 bits per heavy atom. The topological polar surface area (TPSA) is 79.2 Å². The Labute approximate surface area is 172 Å².